The Balaban J connectivity index is 2.66. The molecule has 15 heavy (non-hydrogen) atoms. The molecule has 1 aromatic rings. The first-order valence-electron chi connectivity index (χ1n) is 5.21. The summed E-state index contributed by atoms with van der Waals surface area (Å²) in [5.41, 5.74) is 10.3. The molecule has 0 spiro atoms. The normalized spacial score (nSPS) is 15.1. The van der Waals surface area contributed by atoms with Gasteiger partial charge in [-0.05, 0) is 13.0 Å². The van der Waals surface area contributed by atoms with Crippen molar-refractivity contribution in [2.75, 3.05) is 0 Å². The highest BCUT2D eigenvalue weighted by Gasteiger charge is 2.25. The molecule has 2 N–H and O–H groups in total. The molecule has 0 fully saturated rings. The summed E-state index contributed by atoms with van der Waals surface area (Å²) in [6.45, 7) is 9.19. The second-order valence-corrected chi connectivity index (χ2v) is 5.09. The zero-order valence-electron chi connectivity index (χ0n) is 9.76. The van der Waals surface area contributed by atoms with Crippen molar-refractivity contribution in [3.05, 3.63) is 28.6 Å². The van der Waals surface area contributed by atoms with E-state index in [1.165, 1.54) is 5.56 Å². The topological polar surface area (TPSA) is 51.3 Å². The molecular weight excluding hydrogens is 186 g/mol. The number of pyridine rings is 1. The Morgan fingerprint density at radius 1 is 1.33 bits per heavy atom. The maximum atomic E-state index is 5.85. The SMILES string of the molecule is Cc1cc2c(c(C(C)(C)C)n1)CN=C2N. The van der Waals surface area contributed by atoms with Gasteiger partial charge in [0.2, 0.25) is 0 Å². The first kappa shape index (κ1) is 10.1. The van der Waals surface area contributed by atoms with Gasteiger partial charge in [0.05, 0.1) is 12.2 Å². The van der Waals surface area contributed by atoms with Crippen molar-refractivity contribution in [1.82, 2.24) is 4.98 Å². The number of amidine groups is 1. The van der Waals surface area contributed by atoms with E-state index in [4.69, 9.17) is 5.73 Å². The van der Waals surface area contributed by atoms with E-state index in [0.29, 0.717) is 12.4 Å². The van der Waals surface area contributed by atoms with Crippen LogP contribution in [0.15, 0.2) is 11.1 Å². The van der Waals surface area contributed by atoms with Crippen molar-refractivity contribution >= 4 is 5.84 Å². The van der Waals surface area contributed by atoms with Crippen LogP contribution in [0.3, 0.4) is 0 Å². The first-order chi connectivity index (χ1) is 6.89. The Bertz CT molecular complexity index is 439. The van der Waals surface area contributed by atoms with E-state index < -0.39 is 0 Å². The number of aliphatic imine (C=N–C) groups is 1. The molecule has 0 aromatic carbocycles. The molecule has 1 aromatic heterocycles. The average Bonchev–Trinajstić information content (AvgIpc) is 2.45. The van der Waals surface area contributed by atoms with Crippen LogP contribution < -0.4 is 5.73 Å². The average molecular weight is 203 g/mol. The zero-order chi connectivity index (χ0) is 11.2. The Morgan fingerprint density at radius 3 is 2.60 bits per heavy atom. The number of aryl methyl sites for hydroxylation is 1. The molecule has 0 atom stereocenters. The van der Waals surface area contributed by atoms with Crippen LogP contribution in [0.25, 0.3) is 0 Å². The molecule has 0 saturated carbocycles. The zero-order valence-corrected chi connectivity index (χ0v) is 9.76. The lowest BCUT2D eigenvalue weighted by molar-refractivity contribution is 0.559. The number of nitrogens with zero attached hydrogens (tertiary/aromatic N) is 2. The summed E-state index contributed by atoms with van der Waals surface area (Å²) in [6, 6.07) is 2.02. The molecule has 0 aliphatic carbocycles. The van der Waals surface area contributed by atoms with Crippen molar-refractivity contribution in [1.29, 1.82) is 0 Å². The lowest BCUT2D eigenvalue weighted by atomic mass is 9.87. The molecule has 1 aliphatic rings. The van der Waals surface area contributed by atoms with E-state index in [2.05, 4.69) is 30.7 Å². The van der Waals surface area contributed by atoms with Crippen LogP contribution in [0, 0.1) is 6.92 Å². The Hall–Kier alpha value is -1.38. The first-order valence-corrected chi connectivity index (χ1v) is 5.21. The molecule has 2 rings (SSSR count). The Morgan fingerprint density at radius 2 is 2.00 bits per heavy atom. The fourth-order valence-electron chi connectivity index (χ4n) is 1.96. The van der Waals surface area contributed by atoms with Crippen LogP contribution in [0.4, 0.5) is 0 Å². The Kier molecular flexibility index (Phi) is 2.07. The van der Waals surface area contributed by atoms with Crippen molar-refractivity contribution in [2.24, 2.45) is 10.7 Å². The van der Waals surface area contributed by atoms with Crippen molar-refractivity contribution in [3.63, 3.8) is 0 Å². The highest BCUT2D eigenvalue weighted by Crippen LogP contribution is 2.29. The summed E-state index contributed by atoms with van der Waals surface area (Å²) in [7, 11) is 0. The standard InChI is InChI=1S/C12H17N3/c1-7-5-8-9(6-14-11(8)13)10(15-7)12(2,3)4/h5H,6H2,1-4H3,(H2,13,14). The van der Waals surface area contributed by atoms with E-state index in [-0.39, 0.29) is 5.41 Å². The van der Waals surface area contributed by atoms with Gasteiger partial charge < -0.3 is 5.73 Å². The van der Waals surface area contributed by atoms with Gasteiger partial charge in [0, 0.05) is 22.2 Å². The maximum absolute atomic E-state index is 5.85. The molecule has 80 valence electrons. The fraction of sp³-hybridized carbons (Fsp3) is 0.500. The van der Waals surface area contributed by atoms with Crippen LogP contribution in [0.1, 0.15) is 43.3 Å². The minimum absolute atomic E-state index is 0.0518. The van der Waals surface area contributed by atoms with E-state index in [1.807, 2.05) is 13.0 Å². The second kappa shape index (κ2) is 3.05. The molecule has 0 saturated heterocycles. The van der Waals surface area contributed by atoms with Gasteiger partial charge >= 0.3 is 0 Å². The van der Waals surface area contributed by atoms with Crippen molar-refractivity contribution < 1.29 is 0 Å². The lowest BCUT2D eigenvalue weighted by Crippen LogP contribution is -2.19. The number of hydrogen-bond acceptors (Lipinski definition) is 3. The molecular formula is C12H17N3. The summed E-state index contributed by atoms with van der Waals surface area (Å²) in [5.74, 6) is 0.654. The molecule has 2 heterocycles. The predicted octanol–water partition coefficient (Wildman–Crippen LogP) is 1.91. The van der Waals surface area contributed by atoms with Gasteiger partial charge in [0.1, 0.15) is 5.84 Å². The summed E-state index contributed by atoms with van der Waals surface area (Å²) >= 11 is 0. The molecule has 3 heteroatoms. The summed E-state index contributed by atoms with van der Waals surface area (Å²) in [5, 5.41) is 0. The summed E-state index contributed by atoms with van der Waals surface area (Å²) in [6.07, 6.45) is 0. The number of aromatic nitrogens is 1. The highest BCUT2D eigenvalue weighted by molar-refractivity contribution is 6.01. The van der Waals surface area contributed by atoms with E-state index >= 15 is 0 Å². The smallest absolute Gasteiger partial charge is 0.126 e. The predicted molar refractivity (Wildman–Crippen MR) is 62.1 cm³/mol. The van der Waals surface area contributed by atoms with Gasteiger partial charge in [0.15, 0.2) is 0 Å². The Labute approximate surface area is 90.4 Å². The minimum Gasteiger partial charge on any atom is -0.383 e. The largest absolute Gasteiger partial charge is 0.383 e. The quantitative estimate of drug-likeness (QED) is 0.700. The van der Waals surface area contributed by atoms with Crippen molar-refractivity contribution in [2.45, 2.75) is 39.7 Å². The fourth-order valence-corrected chi connectivity index (χ4v) is 1.96. The molecule has 3 nitrogen and oxygen atoms in total. The van der Waals surface area contributed by atoms with E-state index in [9.17, 15) is 0 Å². The van der Waals surface area contributed by atoms with Crippen LogP contribution in [-0.4, -0.2) is 10.8 Å². The van der Waals surface area contributed by atoms with E-state index in [1.54, 1.807) is 0 Å². The number of nitrogens with two attached hydrogens (primary N) is 1. The van der Waals surface area contributed by atoms with Crippen LogP contribution in [-0.2, 0) is 12.0 Å². The monoisotopic (exact) mass is 203 g/mol. The van der Waals surface area contributed by atoms with Gasteiger partial charge in [-0.15, -0.1) is 0 Å². The maximum Gasteiger partial charge on any atom is 0.126 e. The van der Waals surface area contributed by atoms with Crippen LogP contribution in [0.2, 0.25) is 0 Å². The number of fused-ring (bicyclic) bond motifs is 1. The van der Waals surface area contributed by atoms with Crippen molar-refractivity contribution in [3.8, 4) is 0 Å². The van der Waals surface area contributed by atoms with Gasteiger partial charge in [-0.25, -0.2) is 0 Å². The molecule has 0 bridgehead atoms. The van der Waals surface area contributed by atoms with Gasteiger partial charge in [0.25, 0.3) is 0 Å². The van der Waals surface area contributed by atoms with Gasteiger partial charge in [-0.2, -0.15) is 0 Å². The highest BCUT2D eigenvalue weighted by atomic mass is 14.9. The molecule has 0 radical (unpaired) electrons. The second-order valence-electron chi connectivity index (χ2n) is 5.09. The van der Waals surface area contributed by atoms with Gasteiger partial charge in [-0.1, -0.05) is 20.8 Å². The third-order valence-electron chi connectivity index (χ3n) is 2.65. The van der Waals surface area contributed by atoms with Crippen LogP contribution in [0.5, 0.6) is 0 Å². The summed E-state index contributed by atoms with van der Waals surface area (Å²) in [4.78, 5) is 8.90. The van der Waals surface area contributed by atoms with Gasteiger partial charge in [-0.3, -0.25) is 9.98 Å². The third kappa shape index (κ3) is 1.62. The van der Waals surface area contributed by atoms with E-state index in [0.717, 1.165) is 17.0 Å². The lowest BCUT2D eigenvalue weighted by Gasteiger charge is -2.21. The molecule has 1 aliphatic heterocycles. The number of rotatable bonds is 0. The third-order valence-corrected chi connectivity index (χ3v) is 2.65. The summed E-state index contributed by atoms with van der Waals surface area (Å²) < 4.78 is 0. The molecule has 0 amide bonds. The number of hydrogen-bond donors (Lipinski definition) is 1. The minimum atomic E-state index is 0.0518. The molecule has 0 unspecified atom stereocenters. The van der Waals surface area contributed by atoms with Crippen LogP contribution >= 0.6 is 0 Å².